The van der Waals surface area contributed by atoms with Crippen LogP contribution in [-0.4, -0.2) is 36.2 Å². The third-order valence-corrected chi connectivity index (χ3v) is 8.65. The lowest BCUT2D eigenvalue weighted by atomic mass is 10.0. The molecule has 3 aromatic rings. The first-order valence-corrected chi connectivity index (χ1v) is 12.5. The minimum atomic E-state index is -4.42. The molecule has 1 aliphatic rings. The SMILES string of the molecule is O=C(NCc1cc(-c2ccc(C(F)(F)F)cc2)ccn1)C1C=CCN1S(=O)(=O)c1ccc(Cl)s1. The van der Waals surface area contributed by atoms with Gasteiger partial charge >= 0.3 is 6.18 Å². The average molecular weight is 528 g/mol. The molecule has 0 saturated heterocycles. The molecule has 0 saturated carbocycles. The Hall–Kier alpha value is -2.73. The van der Waals surface area contributed by atoms with Gasteiger partial charge in [-0.05, 0) is 47.5 Å². The zero-order valence-corrected chi connectivity index (χ0v) is 19.7. The third-order valence-electron chi connectivity index (χ3n) is 5.10. The number of hydrogen-bond acceptors (Lipinski definition) is 5. The lowest BCUT2D eigenvalue weighted by molar-refractivity contribution is -0.137. The molecule has 34 heavy (non-hydrogen) atoms. The summed E-state index contributed by atoms with van der Waals surface area (Å²) in [6, 6.07) is 9.87. The number of benzene rings is 1. The van der Waals surface area contributed by atoms with E-state index >= 15 is 0 Å². The fraction of sp³-hybridized carbons (Fsp3) is 0.182. The van der Waals surface area contributed by atoms with Crippen LogP contribution < -0.4 is 5.32 Å². The van der Waals surface area contributed by atoms with Gasteiger partial charge in [-0.3, -0.25) is 9.78 Å². The molecule has 1 aromatic carbocycles. The van der Waals surface area contributed by atoms with E-state index in [9.17, 15) is 26.4 Å². The first-order valence-electron chi connectivity index (χ1n) is 9.90. The minimum absolute atomic E-state index is 0.0103. The van der Waals surface area contributed by atoms with Crippen molar-refractivity contribution in [2.45, 2.75) is 23.0 Å². The number of nitrogens with zero attached hydrogens (tertiary/aromatic N) is 2. The smallest absolute Gasteiger partial charge is 0.349 e. The van der Waals surface area contributed by atoms with Crippen molar-refractivity contribution in [2.24, 2.45) is 0 Å². The van der Waals surface area contributed by atoms with Crippen molar-refractivity contribution in [3.8, 4) is 11.1 Å². The van der Waals surface area contributed by atoms with Crippen LogP contribution in [0.15, 0.2) is 71.1 Å². The highest BCUT2D eigenvalue weighted by Gasteiger charge is 2.37. The van der Waals surface area contributed by atoms with Gasteiger partial charge in [-0.2, -0.15) is 17.5 Å². The molecule has 0 aliphatic carbocycles. The van der Waals surface area contributed by atoms with Crippen LogP contribution in [0.4, 0.5) is 13.2 Å². The van der Waals surface area contributed by atoms with E-state index in [2.05, 4.69) is 10.3 Å². The van der Waals surface area contributed by atoms with Gasteiger partial charge in [0.15, 0.2) is 0 Å². The summed E-state index contributed by atoms with van der Waals surface area (Å²) in [5.41, 5.74) is 0.917. The van der Waals surface area contributed by atoms with E-state index in [1.165, 1.54) is 36.5 Å². The first-order chi connectivity index (χ1) is 16.1. The third kappa shape index (κ3) is 5.17. The molecule has 1 amide bonds. The van der Waals surface area contributed by atoms with Gasteiger partial charge in [0.25, 0.3) is 10.0 Å². The number of carbonyl (C=O) groups excluding carboxylic acids is 1. The Balaban J connectivity index is 1.44. The molecule has 0 radical (unpaired) electrons. The number of hydrogen-bond donors (Lipinski definition) is 1. The van der Waals surface area contributed by atoms with Gasteiger partial charge in [0.2, 0.25) is 5.91 Å². The van der Waals surface area contributed by atoms with E-state index in [4.69, 9.17) is 11.6 Å². The van der Waals surface area contributed by atoms with E-state index in [0.717, 1.165) is 27.8 Å². The van der Waals surface area contributed by atoms with Crippen molar-refractivity contribution < 1.29 is 26.4 Å². The van der Waals surface area contributed by atoms with Crippen LogP contribution in [0.5, 0.6) is 0 Å². The van der Waals surface area contributed by atoms with Gasteiger partial charge < -0.3 is 5.32 Å². The summed E-state index contributed by atoms with van der Waals surface area (Å²) in [7, 11) is -3.90. The van der Waals surface area contributed by atoms with Crippen molar-refractivity contribution >= 4 is 38.9 Å². The Bertz CT molecular complexity index is 1340. The fourth-order valence-corrected chi connectivity index (χ4v) is 6.52. The molecule has 3 heterocycles. The summed E-state index contributed by atoms with van der Waals surface area (Å²) in [5.74, 6) is -0.526. The predicted molar refractivity (Wildman–Crippen MR) is 123 cm³/mol. The van der Waals surface area contributed by atoms with E-state index in [1.807, 2.05) is 0 Å². The van der Waals surface area contributed by atoms with Crippen LogP contribution in [0.1, 0.15) is 11.3 Å². The molecule has 0 spiro atoms. The molecule has 178 valence electrons. The van der Waals surface area contributed by atoms with Crippen LogP contribution >= 0.6 is 22.9 Å². The number of thiophene rings is 1. The van der Waals surface area contributed by atoms with Crippen LogP contribution in [0.2, 0.25) is 4.34 Å². The highest BCUT2D eigenvalue weighted by molar-refractivity contribution is 7.91. The highest BCUT2D eigenvalue weighted by atomic mass is 35.5. The Morgan fingerprint density at radius 2 is 1.88 bits per heavy atom. The molecule has 0 fully saturated rings. The average Bonchev–Trinajstić information content (AvgIpc) is 3.47. The summed E-state index contributed by atoms with van der Waals surface area (Å²) in [6.45, 7) is 0.0635. The maximum Gasteiger partial charge on any atom is 0.416 e. The number of sulfonamides is 1. The molecular formula is C22H17ClF3N3O3S2. The number of amides is 1. The number of rotatable bonds is 6. The zero-order valence-electron chi connectivity index (χ0n) is 17.3. The van der Waals surface area contributed by atoms with Crippen LogP contribution in [0.3, 0.4) is 0 Å². The number of aromatic nitrogens is 1. The normalized spacial score (nSPS) is 16.6. The molecule has 12 heteroatoms. The summed E-state index contributed by atoms with van der Waals surface area (Å²) >= 11 is 6.77. The molecular weight excluding hydrogens is 511 g/mol. The summed E-state index contributed by atoms with van der Waals surface area (Å²) in [6.07, 6.45) is 0.175. The molecule has 0 bridgehead atoms. The molecule has 1 N–H and O–H groups in total. The van der Waals surface area contributed by atoms with Crippen LogP contribution in [0, 0.1) is 0 Å². The Labute approximate surface area is 202 Å². The molecule has 1 unspecified atom stereocenters. The molecule has 2 aromatic heterocycles. The van der Waals surface area contributed by atoms with E-state index in [1.54, 1.807) is 18.2 Å². The van der Waals surface area contributed by atoms with Crippen molar-refractivity contribution in [3.63, 3.8) is 0 Å². The van der Waals surface area contributed by atoms with Crippen molar-refractivity contribution in [2.75, 3.05) is 6.54 Å². The van der Waals surface area contributed by atoms with E-state index < -0.39 is 33.7 Å². The monoisotopic (exact) mass is 527 g/mol. The summed E-state index contributed by atoms with van der Waals surface area (Å²) in [4.78, 5) is 17.0. The predicted octanol–water partition coefficient (Wildman–Crippen LogP) is 4.73. The number of alkyl halides is 3. The van der Waals surface area contributed by atoms with E-state index in [-0.39, 0.29) is 17.3 Å². The maximum atomic E-state index is 12.9. The summed E-state index contributed by atoms with van der Waals surface area (Å²) < 4.78 is 65.6. The van der Waals surface area contributed by atoms with Gasteiger partial charge in [-0.25, -0.2) is 8.42 Å². The van der Waals surface area contributed by atoms with Gasteiger partial charge in [-0.1, -0.05) is 35.9 Å². The zero-order chi connectivity index (χ0) is 24.5. The first kappa shape index (κ1) is 24.4. The summed E-state index contributed by atoms with van der Waals surface area (Å²) in [5, 5.41) is 2.68. The standard InChI is InChI=1S/C22H17ClF3N3O3S2/c23-19-7-8-20(33-19)34(31,32)29-11-1-2-18(29)21(30)28-13-17-12-15(9-10-27-17)14-3-5-16(6-4-14)22(24,25)26/h1-10,12,18H,11,13H2,(H,28,30). The molecule has 1 atom stereocenters. The number of carbonyl (C=O) groups is 1. The van der Waals surface area contributed by atoms with Crippen molar-refractivity contribution in [3.05, 3.63) is 82.5 Å². The Morgan fingerprint density at radius 3 is 2.53 bits per heavy atom. The second-order valence-corrected chi connectivity index (χ2v) is 11.2. The second kappa shape index (κ2) is 9.49. The maximum absolute atomic E-state index is 12.9. The van der Waals surface area contributed by atoms with Gasteiger partial charge in [0.05, 0.1) is 22.1 Å². The second-order valence-electron chi connectivity index (χ2n) is 7.34. The quantitative estimate of drug-likeness (QED) is 0.470. The lowest BCUT2D eigenvalue weighted by Gasteiger charge is -2.22. The van der Waals surface area contributed by atoms with Gasteiger partial charge in [0.1, 0.15) is 10.3 Å². The lowest BCUT2D eigenvalue weighted by Crippen LogP contribution is -2.45. The Kier molecular flexibility index (Phi) is 6.81. The topological polar surface area (TPSA) is 79.4 Å². The fourth-order valence-electron chi connectivity index (χ4n) is 3.41. The largest absolute Gasteiger partial charge is 0.416 e. The minimum Gasteiger partial charge on any atom is -0.349 e. The number of halogens is 4. The van der Waals surface area contributed by atoms with Crippen LogP contribution in [0.25, 0.3) is 11.1 Å². The van der Waals surface area contributed by atoms with Crippen molar-refractivity contribution in [1.29, 1.82) is 0 Å². The van der Waals surface area contributed by atoms with Crippen LogP contribution in [-0.2, 0) is 27.5 Å². The molecule has 6 nitrogen and oxygen atoms in total. The number of pyridine rings is 1. The van der Waals surface area contributed by atoms with Crippen molar-refractivity contribution in [1.82, 2.24) is 14.6 Å². The van der Waals surface area contributed by atoms with E-state index in [0.29, 0.717) is 21.2 Å². The Morgan fingerprint density at radius 1 is 1.15 bits per heavy atom. The van der Waals surface area contributed by atoms with Gasteiger partial charge in [0, 0.05) is 12.7 Å². The highest BCUT2D eigenvalue weighted by Crippen LogP contribution is 2.32. The molecule has 1 aliphatic heterocycles. The van der Waals surface area contributed by atoms with Gasteiger partial charge in [-0.15, -0.1) is 11.3 Å². The molecule has 4 rings (SSSR count). The number of nitrogens with one attached hydrogen (secondary N) is 1.